The Morgan fingerprint density at radius 3 is 2.75 bits per heavy atom. The lowest BCUT2D eigenvalue weighted by Crippen LogP contribution is -2.44. The van der Waals surface area contributed by atoms with Crippen LogP contribution in [0, 0.1) is 0 Å². The number of anilines is 1. The Kier molecular flexibility index (Phi) is 2.30. The summed E-state index contributed by atoms with van der Waals surface area (Å²) in [4.78, 5) is 12.2. The average molecular weight is 281 g/mol. The summed E-state index contributed by atoms with van der Waals surface area (Å²) < 4.78 is 1.01. The van der Waals surface area contributed by atoms with E-state index in [1.165, 1.54) is 5.56 Å². The monoisotopic (exact) mass is 280 g/mol. The van der Waals surface area contributed by atoms with Crippen molar-refractivity contribution < 1.29 is 4.79 Å². The third-order valence-electron chi connectivity index (χ3n) is 3.64. The molecule has 1 amide bonds. The Labute approximate surface area is 103 Å². The average Bonchev–Trinajstić information content (AvgIpc) is 2.53. The fourth-order valence-electron chi connectivity index (χ4n) is 2.75. The summed E-state index contributed by atoms with van der Waals surface area (Å²) in [7, 11) is 0. The van der Waals surface area contributed by atoms with Crippen LogP contribution in [-0.4, -0.2) is 19.0 Å². The van der Waals surface area contributed by atoms with Crippen LogP contribution >= 0.6 is 15.9 Å². The molecule has 2 aliphatic heterocycles. The van der Waals surface area contributed by atoms with E-state index in [0.29, 0.717) is 0 Å². The summed E-state index contributed by atoms with van der Waals surface area (Å²) in [6.45, 7) is 1.84. The number of carbonyl (C=O) groups excluding carboxylic acids is 1. The second-order valence-corrected chi connectivity index (χ2v) is 5.39. The topological polar surface area (TPSA) is 41.1 Å². The van der Waals surface area contributed by atoms with Gasteiger partial charge in [0.15, 0.2) is 0 Å². The molecule has 1 aromatic carbocycles. The molecule has 0 aliphatic carbocycles. The minimum absolute atomic E-state index is 0.169. The molecular weight excluding hydrogens is 268 g/mol. The van der Waals surface area contributed by atoms with Crippen LogP contribution in [0.15, 0.2) is 22.7 Å². The first-order chi connectivity index (χ1) is 7.72. The maximum absolute atomic E-state index is 12.2. The van der Waals surface area contributed by atoms with Crippen LogP contribution in [-0.2, 0) is 10.2 Å². The molecule has 0 atom stereocenters. The van der Waals surface area contributed by atoms with Gasteiger partial charge in [-0.3, -0.25) is 4.79 Å². The highest BCUT2D eigenvalue weighted by Gasteiger charge is 2.46. The summed E-state index contributed by atoms with van der Waals surface area (Å²) in [5, 5.41) is 6.31. The Balaban J connectivity index is 2.11. The molecule has 0 saturated carbocycles. The van der Waals surface area contributed by atoms with E-state index in [1.54, 1.807) is 0 Å². The smallest absolute Gasteiger partial charge is 0.235 e. The molecule has 3 rings (SSSR count). The third-order valence-corrected chi connectivity index (χ3v) is 4.13. The molecule has 1 aromatic rings. The van der Waals surface area contributed by atoms with Gasteiger partial charge in [-0.15, -0.1) is 0 Å². The largest absolute Gasteiger partial charge is 0.325 e. The van der Waals surface area contributed by atoms with Crippen LogP contribution in [0.4, 0.5) is 5.69 Å². The Hall–Kier alpha value is -0.870. The number of nitrogens with one attached hydrogen (secondary N) is 2. The van der Waals surface area contributed by atoms with Crippen molar-refractivity contribution in [1.29, 1.82) is 0 Å². The van der Waals surface area contributed by atoms with Crippen LogP contribution in [0.25, 0.3) is 0 Å². The molecule has 0 radical (unpaired) electrons. The van der Waals surface area contributed by atoms with Gasteiger partial charge in [0.25, 0.3) is 0 Å². The molecule has 1 saturated heterocycles. The minimum atomic E-state index is -0.277. The van der Waals surface area contributed by atoms with Crippen LogP contribution < -0.4 is 10.6 Å². The van der Waals surface area contributed by atoms with E-state index in [1.807, 2.05) is 12.1 Å². The Bertz CT molecular complexity index is 452. The lowest BCUT2D eigenvalue weighted by atomic mass is 9.74. The molecule has 1 fully saturated rings. The van der Waals surface area contributed by atoms with Crippen molar-refractivity contribution >= 4 is 27.5 Å². The van der Waals surface area contributed by atoms with Gasteiger partial charge < -0.3 is 10.6 Å². The molecule has 2 N–H and O–H groups in total. The number of piperidine rings is 1. The SMILES string of the molecule is O=C1Nc2cc(Br)ccc2C12CCNCC2. The number of fused-ring (bicyclic) bond motifs is 2. The number of hydrogen-bond acceptors (Lipinski definition) is 2. The number of amides is 1. The highest BCUT2D eigenvalue weighted by Crippen LogP contribution is 2.44. The van der Waals surface area contributed by atoms with Crippen LogP contribution in [0.1, 0.15) is 18.4 Å². The van der Waals surface area contributed by atoms with Crippen molar-refractivity contribution in [3.8, 4) is 0 Å². The zero-order valence-corrected chi connectivity index (χ0v) is 10.4. The first-order valence-corrected chi connectivity index (χ1v) is 6.34. The second-order valence-electron chi connectivity index (χ2n) is 4.48. The van der Waals surface area contributed by atoms with Crippen molar-refractivity contribution in [3.05, 3.63) is 28.2 Å². The van der Waals surface area contributed by atoms with E-state index in [2.05, 4.69) is 32.6 Å². The predicted molar refractivity (Wildman–Crippen MR) is 66.6 cm³/mol. The summed E-state index contributed by atoms with van der Waals surface area (Å²) in [6, 6.07) is 6.08. The normalized spacial score (nSPS) is 21.9. The molecular formula is C12H13BrN2O. The van der Waals surface area contributed by atoms with E-state index in [4.69, 9.17) is 0 Å². The van der Waals surface area contributed by atoms with Crippen molar-refractivity contribution in [2.45, 2.75) is 18.3 Å². The third kappa shape index (κ3) is 1.33. The molecule has 0 bridgehead atoms. The second kappa shape index (κ2) is 3.57. The summed E-state index contributed by atoms with van der Waals surface area (Å²) in [5.74, 6) is 0.169. The number of carbonyl (C=O) groups is 1. The lowest BCUT2D eigenvalue weighted by molar-refractivity contribution is -0.121. The van der Waals surface area contributed by atoms with Gasteiger partial charge in [0.2, 0.25) is 5.91 Å². The van der Waals surface area contributed by atoms with E-state index in [-0.39, 0.29) is 11.3 Å². The standard InChI is InChI=1S/C12H13BrN2O/c13-8-1-2-9-10(7-8)15-11(16)12(9)3-5-14-6-4-12/h1-2,7,14H,3-6H2,(H,15,16). The fraction of sp³-hybridized carbons (Fsp3) is 0.417. The number of rotatable bonds is 0. The minimum Gasteiger partial charge on any atom is -0.325 e. The van der Waals surface area contributed by atoms with Crippen molar-refractivity contribution in [2.24, 2.45) is 0 Å². The molecule has 84 valence electrons. The van der Waals surface area contributed by atoms with E-state index >= 15 is 0 Å². The maximum atomic E-state index is 12.2. The molecule has 1 spiro atoms. The number of halogens is 1. The summed E-state index contributed by atoms with van der Waals surface area (Å²) >= 11 is 3.43. The highest BCUT2D eigenvalue weighted by atomic mass is 79.9. The molecule has 2 heterocycles. The quantitative estimate of drug-likeness (QED) is 0.764. The van der Waals surface area contributed by atoms with Gasteiger partial charge in [-0.1, -0.05) is 22.0 Å². The lowest BCUT2D eigenvalue weighted by Gasteiger charge is -2.31. The fourth-order valence-corrected chi connectivity index (χ4v) is 3.11. The molecule has 0 unspecified atom stereocenters. The maximum Gasteiger partial charge on any atom is 0.235 e. The van der Waals surface area contributed by atoms with Crippen molar-refractivity contribution in [1.82, 2.24) is 5.32 Å². The van der Waals surface area contributed by atoms with Crippen molar-refractivity contribution in [2.75, 3.05) is 18.4 Å². The number of benzene rings is 1. The van der Waals surface area contributed by atoms with E-state index in [0.717, 1.165) is 36.1 Å². The van der Waals surface area contributed by atoms with Gasteiger partial charge in [-0.05, 0) is 43.6 Å². The first kappa shape index (κ1) is 10.3. The van der Waals surface area contributed by atoms with Gasteiger partial charge in [0.1, 0.15) is 0 Å². The van der Waals surface area contributed by atoms with Crippen LogP contribution in [0.3, 0.4) is 0 Å². The summed E-state index contributed by atoms with van der Waals surface area (Å²) in [6.07, 6.45) is 1.79. The van der Waals surface area contributed by atoms with Gasteiger partial charge in [0.05, 0.1) is 5.41 Å². The molecule has 4 heteroatoms. The molecule has 2 aliphatic rings. The van der Waals surface area contributed by atoms with Gasteiger partial charge >= 0.3 is 0 Å². The van der Waals surface area contributed by atoms with Crippen LogP contribution in [0.5, 0.6) is 0 Å². The van der Waals surface area contributed by atoms with Gasteiger partial charge in [0, 0.05) is 10.2 Å². The number of hydrogen-bond donors (Lipinski definition) is 2. The van der Waals surface area contributed by atoms with Crippen LogP contribution in [0.2, 0.25) is 0 Å². The molecule has 0 aromatic heterocycles. The zero-order valence-electron chi connectivity index (χ0n) is 8.85. The zero-order chi connectivity index (χ0) is 11.2. The van der Waals surface area contributed by atoms with E-state index in [9.17, 15) is 4.79 Å². The first-order valence-electron chi connectivity index (χ1n) is 5.55. The van der Waals surface area contributed by atoms with E-state index < -0.39 is 0 Å². The highest BCUT2D eigenvalue weighted by molar-refractivity contribution is 9.10. The molecule has 16 heavy (non-hydrogen) atoms. The van der Waals surface area contributed by atoms with Gasteiger partial charge in [-0.25, -0.2) is 0 Å². The summed E-state index contributed by atoms with van der Waals surface area (Å²) in [5.41, 5.74) is 1.87. The van der Waals surface area contributed by atoms with Crippen molar-refractivity contribution in [3.63, 3.8) is 0 Å². The van der Waals surface area contributed by atoms with Gasteiger partial charge in [-0.2, -0.15) is 0 Å². The molecule has 3 nitrogen and oxygen atoms in total. The Morgan fingerprint density at radius 1 is 1.25 bits per heavy atom. The Morgan fingerprint density at radius 2 is 2.00 bits per heavy atom. The predicted octanol–water partition coefficient (Wildman–Crippen LogP) is 2.02.